The van der Waals surface area contributed by atoms with Crippen LogP contribution in [0.25, 0.3) is 11.3 Å². The van der Waals surface area contributed by atoms with Gasteiger partial charge in [0.1, 0.15) is 5.76 Å². The van der Waals surface area contributed by atoms with E-state index in [1.165, 1.54) is 0 Å². The fraction of sp³-hybridized carbons (Fsp3) is 0.389. The Labute approximate surface area is 154 Å². The molecule has 0 aliphatic heterocycles. The highest BCUT2D eigenvalue weighted by molar-refractivity contribution is 6.33. The molecule has 0 aliphatic rings. The van der Waals surface area contributed by atoms with Crippen molar-refractivity contribution in [3.8, 4) is 11.3 Å². The first kappa shape index (κ1) is 20.6. The summed E-state index contributed by atoms with van der Waals surface area (Å²) in [7, 11) is 1.76. The second-order valence-electron chi connectivity index (χ2n) is 6.07. The molecule has 0 spiro atoms. The number of halogens is 2. The summed E-state index contributed by atoms with van der Waals surface area (Å²) in [5.74, 6) is 1.14. The molecular weight excluding hydrogens is 347 g/mol. The molecule has 24 heavy (non-hydrogen) atoms. The first-order valence-electron chi connectivity index (χ1n) is 7.76. The van der Waals surface area contributed by atoms with Gasteiger partial charge in [-0.3, -0.25) is 4.79 Å². The van der Waals surface area contributed by atoms with Gasteiger partial charge >= 0.3 is 0 Å². The minimum absolute atomic E-state index is 0. The molecule has 1 aromatic heterocycles. The van der Waals surface area contributed by atoms with Crippen LogP contribution in [0.4, 0.5) is 0 Å². The molecule has 0 saturated carbocycles. The molecule has 2 N–H and O–H groups in total. The number of nitrogens with two attached hydrogens (primary N) is 1. The highest BCUT2D eigenvalue weighted by Crippen LogP contribution is 2.29. The molecule has 0 bridgehead atoms. The summed E-state index contributed by atoms with van der Waals surface area (Å²) >= 11 is 6.16. The van der Waals surface area contributed by atoms with Gasteiger partial charge in [-0.05, 0) is 36.6 Å². The first-order chi connectivity index (χ1) is 10.9. The molecule has 1 aromatic carbocycles. The topological polar surface area (TPSA) is 59.5 Å². The maximum absolute atomic E-state index is 12.4. The van der Waals surface area contributed by atoms with Crippen molar-refractivity contribution in [3.63, 3.8) is 0 Å². The largest absolute Gasteiger partial charge is 0.451 e. The van der Waals surface area contributed by atoms with E-state index < -0.39 is 0 Å². The lowest BCUT2D eigenvalue weighted by Crippen LogP contribution is -2.34. The molecule has 2 rings (SSSR count). The van der Waals surface area contributed by atoms with Crippen molar-refractivity contribution in [1.29, 1.82) is 0 Å². The summed E-state index contributed by atoms with van der Waals surface area (Å²) in [5, 5.41) is 0.595. The Kier molecular flexibility index (Phi) is 7.80. The van der Waals surface area contributed by atoms with Crippen LogP contribution in [-0.4, -0.2) is 30.4 Å². The van der Waals surface area contributed by atoms with Crippen molar-refractivity contribution in [3.05, 3.63) is 47.2 Å². The van der Waals surface area contributed by atoms with Crippen molar-refractivity contribution in [2.75, 3.05) is 13.6 Å². The van der Waals surface area contributed by atoms with Crippen molar-refractivity contribution >= 4 is 29.9 Å². The molecule has 1 amide bonds. The molecule has 0 aliphatic carbocycles. The number of benzene rings is 1. The van der Waals surface area contributed by atoms with Crippen LogP contribution in [0.2, 0.25) is 5.02 Å². The van der Waals surface area contributed by atoms with Crippen LogP contribution in [0.1, 0.15) is 30.8 Å². The average Bonchev–Trinajstić information content (AvgIpc) is 3.01. The van der Waals surface area contributed by atoms with E-state index in [4.69, 9.17) is 21.8 Å². The number of hydrogen-bond donors (Lipinski definition) is 1. The van der Waals surface area contributed by atoms with Gasteiger partial charge in [0, 0.05) is 25.2 Å². The Morgan fingerprint density at radius 3 is 2.54 bits per heavy atom. The number of rotatable bonds is 6. The Hall–Kier alpha value is -1.49. The Morgan fingerprint density at radius 1 is 1.25 bits per heavy atom. The van der Waals surface area contributed by atoms with Crippen LogP contribution < -0.4 is 5.73 Å². The van der Waals surface area contributed by atoms with E-state index >= 15 is 0 Å². The van der Waals surface area contributed by atoms with Crippen molar-refractivity contribution in [1.82, 2.24) is 4.90 Å². The molecule has 6 heteroatoms. The Morgan fingerprint density at radius 2 is 1.92 bits per heavy atom. The number of amides is 1. The minimum Gasteiger partial charge on any atom is -0.451 e. The van der Waals surface area contributed by atoms with E-state index in [1.807, 2.05) is 18.2 Å². The molecule has 0 fully saturated rings. The van der Waals surface area contributed by atoms with Crippen LogP contribution in [0.3, 0.4) is 0 Å². The van der Waals surface area contributed by atoms with Gasteiger partial charge in [-0.15, -0.1) is 12.4 Å². The molecule has 132 valence electrons. The lowest BCUT2D eigenvalue weighted by Gasteiger charge is -2.20. The van der Waals surface area contributed by atoms with Crippen molar-refractivity contribution in [2.24, 2.45) is 11.7 Å². The molecular formula is C18H24Cl2N2O2. The number of nitrogens with zero attached hydrogens (tertiary/aromatic N) is 1. The van der Waals surface area contributed by atoms with Gasteiger partial charge in [-0.25, -0.2) is 0 Å². The smallest absolute Gasteiger partial charge is 0.289 e. The third kappa shape index (κ3) is 5.00. The maximum atomic E-state index is 12.4. The maximum Gasteiger partial charge on any atom is 0.289 e. The summed E-state index contributed by atoms with van der Waals surface area (Å²) in [6, 6.07) is 10.9. The van der Waals surface area contributed by atoms with Crippen LogP contribution in [-0.2, 0) is 0 Å². The molecule has 0 saturated heterocycles. The quantitative estimate of drug-likeness (QED) is 0.815. The highest BCUT2D eigenvalue weighted by atomic mass is 35.5. The number of hydrogen-bond acceptors (Lipinski definition) is 3. The van der Waals surface area contributed by atoms with Crippen LogP contribution in [0.15, 0.2) is 40.8 Å². The number of furan rings is 1. The van der Waals surface area contributed by atoms with Gasteiger partial charge in [-0.2, -0.15) is 0 Å². The van der Waals surface area contributed by atoms with Gasteiger partial charge in [0.25, 0.3) is 5.91 Å². The number of carbonyl (C=O) groups is 1. The summed E-state index contributed by atoms with van der Waals surface area (Å²) in [5.41, 5.74) is 6.80. The lowest BCUT2D eigenvalue weighted by molar-refractivity contribution is 0.0758. The first-order valence-corrected chi connectivity index (χ1v) is 8.13. The minimum atomic E-state index is -0.153. The van der Waals surface area contributed by atoms with E-state index in [-0.39, 0.29) is 24.4 Å². The molecule has 4 nitrogen and oxygen atoms in total. The van der Waals surface area contributed by atoms with Gasteiger partial charge in [0.05, 0.1) is 5.02 Å². The third-order valence-electron chi connectivity index (χ3n) is 3.96. The van der Waals surface area contributed by atoms with Crippen LogP contribution in [0, 0.1) is 5.92 Å². The third-order valence-corrected chi connectivity index (χ3v) is 4.29. The summed E-state index contributed by atoms with van der Waals surface area (Å²) in [6.07, 6.45) is 0.762. The number of carbonyl (C=O) groups excluding carboxylic acids is 1. The Balaban J connectivity index is 0.00000288. The van der Waals surface area contributed by atoms with E-state index in [2.05, 4.69) is 13.8 Å². The Bertz CT molecular complexity index is 671. The van der Waals surface area contributed by atoms with Gasteiger partial charge in [-0.1, -0.05) is 37.6 Å². The molecule has 0 radical (unpaired) electrons. The van der Waals surface area contributed by atoms with E-state index in [9.17, 15) is 4.79 Å². The zero-order chi connectivity index (χ0) is 17.0. The van der Waals surface area contributed by atoms with E-state index in [1.54, 1.807) is 30.1 Å². The van der Waals surface area contributed by atoms with E-state index in [0.29, 0.717) is 29.0 Å². The SMILES string of the molecule is CC(C)C(N)CCN(C)C(=O)c1ccc(-c2ccccc2Cl)o1.Cl. The summed E-state index contributed by atoms with van der Waals surface area (Å²) < 4.78 is 5.68. The highest BCUT2D eigenvalue weighted by Gasteiger charge is 2.18. The molecule has 1 unspecified atom stereocenters. The van der Waals surface area contributed by atoms with Gasteiger partial charge in [0.2, 0.25) is 0 Å². The fourth-order valence-corrected chi connectivity index (χ4v) is 2.45. The standard InChI is InChI=1S/C18H23ClN2O2.ClH/c1-12(2)15(20)10-11-21(3)18(22)17-9-8-16(23-17)13-6-4-5-7-14(13)19;/h4-9,12,15H,10-11,20H2,1-3H3;1H. The second-order valence-corrected chi connectivity index (χ2v) is 6.47. The van der Waals surface area contributed by atoms with E-state index in [0.717, 1.165) is 12.0 Å². The molecule has 1 heterocycles. The fourth-order valence-electron chi connectivity index (χ4n) is 2.22. The van der Waals surface area contributed by atoms with Crippen molar-refractivity contribution in [2.45, 2.75) is 26.3 Å². The lowest BCUT2D eigenvalue weighted by atomic mass is 10.0. The predicted octanol–water partition coefficient (Wildman–Crippen LogP) is 4.47. The normalized spacial score (nSPS) is 11.9. The summed E-state index contributed by atoms with van der Waals surface area (Å²) in [6.45, 7) is 4.75. The summed E-state index contributed by atoms with van der Waals surface area (Å²) in [4.78, 5) is 14.1. The van der Waals surface area contributed by atoms with Gasteiger partial charge < -0.3 is 15.1 Å². The van der Waals surface area contributed by atoms with Gasteiger partial charge in [0.15, 0.2) is 5.76 Å². The van der Waals surface area contributed by atoms with Crippen LogP contribution in [0.5, 0.6) is 0 Å². The second kappa shape index (κ2) is 9.11. The predicted molar refractivity (Wildman–Crippen MR) is 101 cm³/mol. The average molecular weight is 371 g/mol. The zero-order valence-electron chi connectivity index (χ0n) is 14.2. The zero-order valence-corrected chi connectivity index (χ0v) is 15.7. The van der Waals surface area contributed by atoms with Crippen molar-refractivity contribution < 1.29 is 9.21 Å². The van der Waals surface area contributed by atoms with Crippen LogP contribution >= 0.6 is 24.0 Å². The molecule has 1 atom stereocenters. The monoisotopic (exact) mass is 370 g/mol. The molecule has 2 aromatic rings.